The molecule has 0 atom stereocenters. The lowest BCUT2D eigenvalue weighted by Crippen LogP contribution is -1.93. The van der Waals surface area contributed by atoms with Crippen LogP contribution in [0.2, 0.25) is 0 Å². The highest BCUT2D eigenvalue weighted by molar-refractivity contribution is 14.1. The van der Waals surface area contributed by atoms with Crippen molar-refractivity contribution in [1.82, 2.24) is 0 Å². The van der Waals surface area contributed by atoms with Gasteiger partial charge in [0.25, 0.3) is 0 Å². The van der Waals surface area contributed by atoms with Crippen LogP contribution in [-0.2, 0) is 0 Å². The largest absolute Gasteiger partial charge is 0.501 e. The van der Waals surface area contributed by atoms with Crippen molar-refractivity contribution in [1.29, 1.82) is 0 Å². The molecule has 38 heavy (non-hydrogen) atoms. The van der Waals surface area contributed by atoms with E-state index in [9.17, 15) is 30.4 Å². The van der Waals surface area contributed by atoms with Crippen LogP contribution in [0.3, 0.4) is 0 Å². The zero-order valence-electron chi connectivity index (χ0n) is 19.2. The monoisotopic (exact) mass is 734 g/mol. The van der Waals surface area contributed by atoms with Crippen molar-refractivity contribution in [2.24, 2.45) is 9.98 Å². The Bertz CT molecular complexity index is 1480. The lowest BCUT2D eigenvalue weighted by atomic mass is 10.1. The lowest BCUT2D eigenvalue weighted by molar-refractivity contribution is -0.386. The van der Waals surface area contributed by atoms with Crippen molar-refractivity contribution in [3.63, 3.8) is 0 Å². The average Bonchev–Trinajstić information content (AvgIpc) is 2.90. The molecule has 0 aliphatic heterocycles. The van der Waals surface area contributed by atoms with Crippen LogP contribution >= 0.6 is 45.2 Å². The second-order valence-electron chi connectivity index (χ2n) is 7.87. The first-order valence-electron chi connectivity index (χ1n) is 10.7. The van der Waals surface area contributed by atoms with Crippen LogP contribution in [0.25, 0.3) is 11.1 Å². The molecule has 4 rings (SSSR count). The molecule has 0 amide bonds. The van der Waals surface area contributed by atoms with Gasteiger partial charge in [-0.25, -0.2) is 0 Å². The highest BCUT2D eigenvalue weighted by atomic mass is 127. The molecular formula is C26H16I2N4O6. The van der Waals surface area contributed by atoms with Crippen LogP contribution in [0.4, 0.5) is 22.7 Å². The summed E-state index contributed by atoms with van der Waals surface area (Å²) in [7, 11) is 0. The standard InChI is InChI=1S/C26H16I2N4O6/c27-21-9-15(11-23(25(21)33)31(35)36)13-29-19-5-1-17(2-6-19)18-3-7-20(8-4-18)30-14-16-10-22(28)26(34)24(12-16)32(37)38/h1-14,33-34H. The number of nitrogens with zero attached hydrogens (tertiary/aromatic N) is 4. The number of aromatic hydroxyl groups is 2. The maximum absolute atomic E-state index is 11.1. The first kappa shape index (κ1) is 27.1. The van der Waals surface area contributed by atoms with E-state index in [1.54, 1.807) is 12.1 Å². The van der Waals surface area contributed by atoms with E-state index in [0.717, 1.165) is 11.1 Å². The number of halogens is 2. The molecule has 0 saturated carbocycles. The SMILES string of the molecule is O=[N+]([O-])c1cc(C=Nc2ccc(-c3ccc(N=Cc4cc(I)c(O)c([N+](=O)[O-])c4)cc3)cc2)cc(I)c1O. The first-order valence-corrected chi connectivity index (χ1v) is 12.9. The highest BCUT2D eigenvalue weighted by Gasteiger charge is 2.18. The Morgan fingerprint density at radius 1 is 0.632 bits per heavy atom. The molecule has 10 nitrogen and oxygen atoms in total. The summed E-state index contributed by atoms with van der Waals surface area (Å²) in [4.78, 5) is 29.7. The number of nitro groups is 2. The van der Waals surface area contributed by atoms with Crippen LogP contribution < -0.4 is 0 Å². The molecule has 2 N–H and O–H groups in total. The van der Waals surface area contributed by atoms with Gasteiger partial charge in [0, 0.05) is 35.7 Å². The van der Waals surface area contributed by atoms with Gasteiger partial charge in [-0.2, -0.15) is 0 Å². The van der Waals surface area contributed by atoms with Crippen molar-refractivity contribution in [2.45, 2.75) is 0 Å². The minimum atomic E-state index is -0.639. The van der Waals surface area contributed by atoms with Gasteiger partial charge in [0.05, 0.1) is 28.4 Å². The van der Waals surface area contributed by atoms with Gasteiger partial charge in [0.2, 0.25) is 11.5 Å². The molecule has 4 aromatic carbocycles. The maximum Gasteiger partial charge on any atom is 0.312 e. The second kappa shape index (κ2) is 11.6. The molecule has 0 bridgehead atoms. The predicted octanol–water partition coefficient (Wildman–Crippen LogP) is 7.29. The molecule has 0 aromatic heterocycles. The van der Waals surface area contributed by atoms with Crippen LogP contribution in [0.1, 0.15) is 11.1 Å². The van der Waals surface area contributed by atoms with Crippen molar-refractivity contribution in [3.8, 4) is 22.6 Å². The number of benzene rings is 4. The first-order chi connectivity index (χ1) is 18.1. The van der Waals surface area contributed by atoms with Crippen LogP contribution in [0, 0.1) is 27.4 Å². The Balaban J connectivity index is 1.47. The van der Waals surface area contributed by atoms with Gasteiger partial charge in [0.15, 0.2) is 0 Å². The molecule has 0 aliphatic rings. The van der Waals surface area contributed by atoms with Gasteiger partial charge >= 0.3 is 11.4 Å². The minimum Gasteiger partial charge on any atom is -0.501 e. The Morgan fingerprint density at radius 3 is 1.29 bits per heavy atom. The molecule has 0 saturated heterocycles. The summed E-state index contributed by atoms with van der Waals surface area (Å²) < 4.78 is 0.723. The van der Waals surface area contributed by atoms with Crippen molar-refractivity contribution in [3.05, 3.63) is 111 Å². The summed E-state index contributed by atoms with van der Waals surface area (Å²) >= 11 is 3.66. The summed E-state index contributed by atoms with van der Waals surface area (Å²) in [6.07, 6.45) is 3.00. The molecule has 0 unspecified atom stereocenters. The maximum atomic E-state index is 11.1. The topological polar surface area (TPSA) is 151 Å². The van der Waals surface area contributed by atoms with E-state index in [4.69, 9.17) is 0 Å². The fourth-order valence-electron chi connectivity index (χ4n) is 3.42. The molecular weight excluding hydrogens is 718 g/mol. The lowest BCUT2D eigenvalue weighted by Gasteiger charge is -2.04. The van der Waals surface area contributed by atoms with Crippen molar-refractivity contribution < 1.29 is 20.1 Å². The molecule has 0 aliphatic carbocycles. The number of hydrogen-bond donors (Lipinski definition) is 2. The van der Waals surface area contributed by atoms with Gasteiger partial charge in [-0.05, 0) is 92.7 Å². The van der Waals surface area contributed by atoms with E-state index in [0.29, 0.717) is 29.6 Å². The number of nitro benzene ring substituents is 2. The summed E-state index contributed by atoms with van der Waals surface area (Å²) in [5.41, 5.74) is 3.43. The van der Waals surface area contributed by atoms with Crippen molar-refractivity contribution >= 4 is 80.4 Å². The molecule has 0 radical (unpaired) electrons. The molecule has 0 spiro atoms. The van der Waals surface area contributed by atoms with Gasteiger partial charge in [-0.15, -0.1) is 0 Å². The summed E-state index contributed by atoms with van der Waals surface area (Å²) in [5, 5.41) is 41.9. The zero-order valence-corrected chi connectivity index (χ0v) is 23.5. The fourth-order valence-corrected chi connectivity index (χ4v) is 4.69. The van der Waals surface area contributed by atoms with Crippen LogP contribution in [0.15, 0.2) is 82.8 Å². The summed E-state index contributed by atoms with van der Waals surface area (Å²) in [6, 6.07) is 20.6. The third-order valence-corrected chi connectivity index (χ3v) is 6.96. The molecule has 0 fully saturated rings. The number of phenols is 2. The summed E-state index contributed by atoms with van der Waals surface area (Å²) in [5.74, 6) is -0.735. The zero-order chi connectivity index (χ0) is 27.4. The van der Waals surface area contributed by atoms with E-state index in [1.165, 1.54) is 24.6 Å². The highest BCUT2D eigenvalue weighted by Crippen LogP contribution is 2.33. The Labute approximate surface area is 243 Å². The van der Waals surface area contributed by atoms with Gasteiger partial charge in [0.1, 0.15) is 0 Å². The van der Waals surface area contributed by atoms with E-state index in [1.807, 2.05) is 93.7 Å². The molecule has 12 heteroatoms. The molecule has 190 valence electrons. The van der Waals surface area contributed by atoms with Gasteiger partial charge in [-0.3, -0.25) is 30.2 Å². The smallest absolute Gasteiger partial charge is 0.312 e. The second-order valence-corrected chi connectivity index (χ2v) is 10.2. The Hall–Kier alpha value is -3.92. The number of rotatable bonds is 7. The fraction of sp³-hybridized carbons (Fsp3) is 0. The van der Waals surface area contributed by atoms with Gasteiger partial charge < -0.3 is 10.2 Å². The molecule has 0 heterocycles. The quantitative estimate of drug-likeness (QED) is 0.0881. The predicted molar refractivity (Wildman–Crippen MR) is 161 cm³/mol. The Kier molecular flexibility index (Phi) is 8.31. The van der Waals surface area contributed by atoms with E-state index >= 15 is 0 Å². The van der Waals surface area contributed by atoms with Crippen molar-refractivity contribution in [2.75, 3.05) is 0 Å². The van der Waals surface area contributed by atoms with Gasteiger partial charge in [-0.1, -0.05) is 24.3 Å². The number of phenolic OH excluding ortho intramolecular Hbond substituents is 2. The van der Waals surface area contributed by atoms with E-state index in [2.05, 4.69) is 9.98 Å². The van der Waals surface area contributed by atoms with E-state index in [-0.39, 0.29) is 22.9 Å². The molecule has 4 aromatic rings. The minimum absolute atomic E-state index is 0.362. The summed E-state index contributed by atoms with van der Waals surface area (Å²) in [6.45, 7) is 0. The van der Waals surface area contributed by atoms with Crippen LogP contribution in [0.5, 0.6) is 11.5 Å². The normalized spacial score (nSPS) is 11.3. The number of aliphatic imine (C=N–C) groups is 2. The average molecular weight is 734 g/mol. The number of hydrogen-bond acceptors (Lipinski definition) is 8. The van der Waals surface area contributed by atoms with Crippen LogP contribution in [-0.4, -0.2) is 32.5 Å². The Morgan fingerprint density at radius 2 is 0.974 bits per heavy atom. The third kappa shape index (κ3) is 6.31. The third-order valence-electron chi connectivity index (χ3n) is 5.32. The van der Waals surface area contributed by atoms with E-state index < -0.39 is 9.85 Å².